The Hall–Kier alpha value is -1.86. The molecule has 8 heteroatoms. The quantitative estimate of drug-likeness (QED) is 0.657. The zero-order valence-corrected chi connectivity index (χ0v) is 10.1. The number of nitrogens with two attached hydrogens (primary N) is 1. The SMILES string of the molecule is NCCc1ccc(Cn2cc(Cl)c([N+](=O)[O-])n2)o1. The van der Waals surface area contributed by atoms with E-state index >= 15 is 0 Å². The van der Waals surface area contributed by atoms with Crippen LogP contribution in [0.15, 0.2) is 22.7 Å². The maximum Gasteiger partial charge on any atom is 0.408 e. The molecule has 0 aliphatic rings. The van der Waals surface area contributed by atoms with Gasteiger partial charge in [0.15, 0.2) is 5.02 Å². The van der Waals surface area contributed by atoms with E-state index in [-0.39, 0.29) is 17.4 Å². The lowest BCUT2D eigenvalue weighted by Gasteiger charge is -1.94. The smallest absolute Gasteiger partial charge is 0.408 e. The van der Waals surface area contributed by atoms with Crippen molar-refractivity contribution in [3.8, 4) is 0 Å². The zero-order chi connectivity index (χ0) is 13.1. The lowest BCUT2D eigenvalue weighted by Crippen LogP contribution is -2.02. The van der Waals surface area contributed by atoms with E-state index in [0.717, 1.165) is 5.76 Å². The van der Waals surface area contributed by atoms with Crippen molar-refractivity contribution >= 4 is 17.4 Å². The summed E-state index contributed by atoms with van der Waals surface area (Å²) in [6.45, 7) is 0.796. The highest BCUT2D eigenvalue weighted by Crippen LogP contribution is 2.22. The van der Waals surface area contributed by atoms with Crippen molar-refractivity contribution in [2.24, 2.45) is 5.73 Å². The molecule has 18 heavy (non-hydrogen) atoms. The molecule has 0 radical (unpaired) electrons. The maximum atomic E-state index is 10.6. The third kappa shape index (κ3) is 2.69. The third-order valence-corrected chi connectivity index (χ3v) is 2.56. The minimum Gasteiger partial charge on any atom is -0.464 e. The lowest BCUT2D eigenvalue weighted by atomic mass is 10.3. The van der Waals surface area contributed by atoms with Gasteiger partial charge in [-0.3, -0.25) is 0 Å². The monoisotopic (exact) mass is 270 g/mol. The van der Waals surface area contributed by atoms with Crippen LogP contribution >= 0.6 is 11.6 Å². The van der Waals surface area contributed by atoms with Crippen LogP contribution in [0.3, 0.4) is 0 Å². The Balaban J connectivity index is 2.13. The first-order chi connectivity index (χ1) is 8.60. The van der Waals surface area contributed by atoms with Crippen LogP contribution in [0, 0.1) is 10.1 Å². The molecule has 2 rings (SSSR count). The van der Waals surface area contributed by atoms with E-state index in [2.05, 4.69) is 5.10 Å². The molecule has 2 aromatic rings. The second-order valence-electron chi connectivity index (χ2n) is 3.66. The van der Waals surface area contributed by atoms with E-state index in [1.165, 1.54) is 10.9 Å². The Morgan fingerprint density at radius 2 is 2.22 bits per heavy atom. The van der Waals surface area contributed by atoms with E-state index in [1.807, 2.05) is 6.07 Å². The Morgan fingerprint density at radius 1 is 1.50 bits per heavy atom. The number of rotatable bonds is 5. The van der Waals surface area contributed by atoms with Gasteiger partial charge >= 0.3 is 5.82 Å². The first-order valence-corrected chi connectivity index (χ1v) is 5.63. The summed E-state index contributed by atoms with van der Waals surface area (Å²) in [5.41, 5.74) is 5.41. The molecule has 0 unspecified atom stereocenters. The normalized spacial score (nSPS) is 10.8. The highest BCUT2D eigenvalue weighted by atomic mass is 35.5. The standard InChI is InChI=1S/C10H11ClN4O3/c11-9-6-14(13-10(9)15(16)17)5-8-2-1-7(18-8)3-4-12/h1-2,6H,3-5,12H2. The van der Waals surface area contributed by atoms with Crippen LogP contribution in [0.2, 0.25) is 5.02 Å². The number of hydrogen-bond acceptors (Lipinski definition) is 5. The van der Waals surface area contributed by atoms with Crippen LogP contribution in [0.1, 0.15) is 11.5 Å². The zero-order valence-electron chi connectivity index (χ0n) is 9.38. The second-order valence-corrected chi connectivity index (χ2v) is 4.07. The molecule has 96 valence electrons. The fourth-order valence-corrected chi connectivity index (χ4v) is 1.75. The van der Waals surface area contributed by atoms with Crippen molar-refractivity contribution in [3.05, 3.63) is 45.0 Å². The summed E-state index contributed by atoms with van der Waals surface area (Å²) in [6.07, 6.45) is 2.05. The van der Waals surface area contributed by atoms with E-state index in [4.69, 9.17) is 21.8 Å². The summed E-state index contributed by atoms with van der Waals surface area (Å²) in [7, 11) is 0. The molecule has 2 aromatic heterocycles. The number of halogens is 1. The van der Waals surface area contributed by atoms with E-state index in [9.17, 15) is 10.1 Å². The molecule has 0 fully saturated rings. The summed E-state index contributed by atoms with van der Waals surface area (Å²) in [6, 6.07) is 3.61. The van der Waals surface area contributed by atoms with Crippen molar-refractivity contribution in [2.75, 3.05) is 6.54 Å². The molecule has 0 spiro atoms. The van der Waals surface area contributed by atoms with E-state index in [1.54, 1.807) is 6.07 Å². The fraction of sp³-hybridized carbons (Fsp3) is 0.300. The second kappa shape index (κ2) is 5.19. The molecular formula is C10H11ClN4O3. The fourth-order valence-electron chi connectivity index (χ4n) is 1.54. The number of hydrogen-bond donors (Lipinski definition) is 1. The van der Waals surface area contributed by atoms with E-state index in [0.29, 0.717) is 18.7 Å². The molecule has 0 saturated carbocycles. The van der Waals surface area contributed by atoms with Crippen molar-refractivity contribution in [1.82, 2.24) is 9.78 Å². The van der Waals surface area contributed by atoms with E-state index < -0.39 is 4.92 Å². The van der Waals surface area contributed by atoms with Gasteiger partial charge in [-0.1, -0.05) is 11.6 Å². The van der Waals surface area contributed by atoms with Gasteiger partial charge in [0.2, 0.25) is 0 Å². The minimum absolute atomic E-state index is 0.00809. The summed E-state index contributed by atoms with van der Waals surface area (Å²) in [5.74, 6) is 1.07. The molecular weight excluding hydrogens is 260 g/mol. The largest absolute Gasteiger partial charge is 0.464 e. The number of aromatic nitrogens is 2. The van der Waals surface area contributed by atoms with Crippen molar-refractivity contribution < 1.29 is 9.34 Å². The molecule has 0 saturated heterocycles. The first-order valence-electron chi connectivity index (χ1n) is 5.25. The summed E-state index contributed by atoms with van der Waals surface area (Å²) in [5, 5.41) is 14.4. The average molecular weight is 271 g/mol. The van der Waals surface area contributed by atoms with Crippen molar-refractivity contribution in [3.63, 3.8) is 0 Å². The van der Waals surface area contributed by atoms with Gasteiger partial charge in [0.1, 0.15) is 18.1 Å². The highest BCUT2D eigenvalue weighted by molar-refractivity contribution is 6.32. The molecule has 0 bridgehead atoms. The van der Waals surface area contributed by atoms with Gasteiger partial charge in [0, 0.05) is 6.42 Å². The van der Waals surface area contributed by atoms with Gasteiger partial charge in [-0.25, -0.2) is 0 Å². The Morgan fingerprint density at radius 3 is 2.83 bits per heavy atom. The van der Waals surface area contributed by atoms with Gasteiger partial charge in [0.25, 0.3) is 0 Å². The lowest BCUT2D eigenvalue weighted by molar-refractivity contribution is -0.389. The first kappa shape index (κ1) is 12.6. The van der Waals surface area contributed by atoms with Gasteiger partial charge in [-0.15, -0.1) is 0 Å². The number of furan rings is 1. The highest BCUT2D eigenvalue weighted by Gasteiger charge is 2.19. The van der Waals surface area contributed by atoms with Crippen LogP contribution in [0.4, 0.5) is 5.82 Å². The van der Waals surface area contributed by atoms with Crippen LogP contribution in [0.25, 0.3) is 0 Å². The van der Waals surface area contributed by atoms with Gasteiger partial charge in [-0.05, 0) is 23.6 Å². The number of nitrogens with zero attached hydrogens (tertiary/aromatic N) is 3. The predicted octanol–water partition coefficient (Wildman–Crippen LogP) is 1.59. The molecule has 0 atom stereocenters. The van der Waals surface area contributed by atoms with Gasteiger partial charge < -0.3 is 20.3 Å². The van der Waals surface area contributed by atoms with Crippen LogP contribution in [-0.4, -0.2) is 21.2 Å². The van der Waals surface area contributed by atoms with Crippen molar-refractivity contribution in [1.29, 1.82) is 0 Å². The number of nitro groups is 1. The Labute approximate surface area is 107 Å². The van der Waals surface area contributed by atoms with Crippen LogP contribution in [-0.2, 0) is 13.0 Å². The Bertz CT molecular complexity index is 563. The van der Waals surface area contributed by atoms with Gasteiger partial charge in [0.05, 0.1) is 11.3 Å². The van der Waals surface area contributed by atoms with Crippen LogP contribution in [0.5, 0.6) is 0 Å². The molecule has 0 amide bonds. The summed E-state index contributed by atoms with van der Waals surface area (Å²) < 4.78 is 6.85. The van der Waals surface area contributed by atoms with Crippen LogP contribution < -0.4 is 5.73 Å². The maximum absolute atomic E-state index is 10.6. The molecule has 0 aliphatic carbocycles. The van der Waals surface area contributed by atoms with Gasteiger partial charge in [-0.2, -0.15) is 4.68 Å². The predicted molar refractivity (Wildman–Crippen MR) is 64.5 cm³/mol. The molecule has 2 N–H and O–H groups in total. The average Bonchev–Trinajstić information content (AvgIpc) is 2.87. The summed E-state index contributed by atoms with van der Waals surface area (Å²) in [4.78, 5) is 9.96. The molecule has 0 aromatic carbocycles. The summed E-state index contributed by atoms with van der Waals surface area (Å²) >= 11 is 5.69. The molecule has 0 aliphatic heterocycles. The topological polar surface area (TPSA) is 100 Å². The molecule has 2 heterocycles. The molecule has 7 nitrogen and oxygen atoms in total. The Kier molecular flexibility index (Phi) is 3.63. The van der Waals surface area contributed by atoms with Crippen molar-refractivity contribution in [2.45, 2.75) is 13.0 Å². The minimum atomic E-state index is -0.624. The third-order valence-electron chi connectivity index (χ3n) is 2.30.